The molecule has 0 N–H and O–H groups in total. The van der Waals surface area contributed by atoms with Crippen LogP contribution < -0.4 is 0 Å². The van der Waals surface area contributed by atoms with E-state index in [1.54, 1.807) is 6.08 Å². The van der Waals surface area contributed by atoms with Crippen LogP contribution in [0.4, 0.5) is 4.39 Å². The van der Waals surface area contributed by atoms with Crippen molar-refractivity contribution in [3.63, 3.8) is 0 Å². The van der Waals surface area contributed by atoms with Gasteiger partial charge in [-0.1, -0.05) is 19.1 Å². The second-order valence-electron chi connectivity index (χ2n) is 1.51. The lowest BCUT2D eigenvalue weighted by Crippen LogP contribution is -1.80. The van der Waals surface area contributed by atoms with Crippen molar-refractivity contribution in [2.45, 2.75) is 26.4 Å². The molecule has 0 fully saturated rings. The van der Waals surface area contributed by atoms with Gasteiger partial charge >= 0.3 is 0 Å². The van der Waals surface area contributed by atoms with E-state index in [0.717, 1.165) is 6.42 Å². The summed E-state index contributed by atoms with van der Waals surface area (Å²) in [5, 5.41) is 0. The van der Waals surface area contributed by atoms with Crippen LogP contribution in [-0.2, 0) is 0 Å². The normalized spacial score (nSPS) is 15.3. The molecule has 7 heavy (non-hydrogen) atoms. The Morgan fingerprint density at radius 1 is 1.71 bits per heavy atom. The number of hydrogen-bond donors (Lipinski definition) is 0. The number of alkyl halides is 1. The first-order chi connectivity index (χ1) is 3.27. The minimum atomic E-state index is -0.778. The Morgan fingerprint density at radius 3 is 2.43 bits per heavy atom. The second-order valence-corrected chi connectivity index (χ2v) is 1.51. The van der Waals surface area contributed by atoms with Gasteiger partial charge in [0.1, 0.15) is 6.17 Å². The summed E-state index contributed by atoms with van der Waals surface area (Å²) in [4.78, 5) is 0. The highest BCUT2D eigenvalue weighted by atomic mass is 19.1. The predicted molar refractivity (Wildman–Crippen MR) is 30.0 cm³/mol. The van der Waals surface area contributed by atoms with E-state index < -0.39 is 6.17 Å². The van der Waals surface area contributed by atoms with Crippen LogP contribution in [0.25, 0.3) is 0 Å². The third-order valence-electron chi connectivity index (χ3n) is 0.637. The first-order valence-corrected chi connectivity index (χ1v) is 2.58. The highest BCUT2D eigenvalue weighted by Crippen LogP contribution is 1.90. The van der Waals surface area contributed by atoms with Gasteiger partial charge in [-0.25, -0.2) is 4.39 Å². The molecule has 0 rings (SSSR count). The van der Waals surface area contributed by atoms with Crippen molar-refractivity contribution in [3.05, 3.63) is 12.2 Å². The van der Waals surface area contributed by atoms with Crippen LogP contribution in [0.5, 0.6) is 0 Å². The maximum Gasteiger partial charge on any atom is 0.115 e. The van der Waals surface area contributed by atoms with E-state index >= 15 is 0 Å². The maximum absolute atomic E-state index is 11.8. The molecule has 0 amide bonds. The SMILES string of the molecule is CC/C=C/C(C)F. The van der Waals surface area contributed by atoms with Gasteiger partial charge < -0.3 is 0 Å². The number of hydrogen-bond acceptors (Lipinski definition) is 0. The predicted octanol–water partition coefficient (Wildman–Crippen LogP) is 2.31. The summed E-state index contributed by atoms with van der Waals surface area (Å²) in [6.07, 6.45) is 3.53. The van der Waals surface area contributed by atoms with Crippen molar-refractivity contribution in [2.24, 2.45) is 0 Å². The number of allylic oxidation sites excluding steroid dienone is 2. The van der Waals surface area contributed by atoms with E-state index in [-0.39, 0.29) is 0 Å². The summed E-state index contributed by atoms with van der Waals surface area (Å²) in [6, 6.07) is 0. The van der Waals surface area contributed by atoms with Crippen LogP contribution in [0.15, 0.2) is 12.2 Å². The molecule has 0 aliphatic rings. The average molecular weight is 102 g/mol. The fourth-order valence-corrected chi connectivity index (χ4v) is 0.324. The molecule has 0 aromatic heterocycles. The van der Waals surface area contributed by atoms with Gasteiger partial charge in [-0.15, -0.1) is 0 Å². The lowest BCUT2D eigenvalue weighted by Gasteiger charge is -1.85. The van der Waals surface area contributed by atoms with Gasteiger partial charge in [0.05, 0.1) is 0 Å². The molecule has 0 nitrogen and oxygen atoms in total. The van der Waals surface area contributed by atoms with Crippen molar-refractivity contribution >= 4 is 0 Å². The fraction of sp³-hybridized carbons (Fsp3) is 0.667. The van der Waals surface area contributed by atoms with Crippen LogP contribution >= 0.6 is 0 Å². The van der Waals surface area contributed by atoms with E-state index in [0.29, 0.717) is 0 Å². The summed E-state index contributed by atoms with van der Waals surface area (Å²) >= 11 is 0. The van der Waals surface area contributed by atoms with Crippen LogP contribution in [0.3, 0.4) is 0 Å². The van der Waals surface area contributed by atoms with Crippen molar-refractivity contribution in [1.82, 2.24) is 0 Å². The second kappa shape index (κ2) is 3.85. The van der Waals surface area contributed by atoms with E-state index in [1.807, 2.05) is 13.0 Å². The fourth-order valence-electron chi connectivity index (χ4n) is 0.324. The zero-order valence-corrected chi connectivity index (χ0v) is 4.82. The standard InChI is InChI=1S/C6H11F/c1-3-4-5-6(2)7/h4-6H,3H2,1-2H3/b5-4+. The zero-order chi connectivity index (χ0) is 5.70. The molecular formula is C6H11F. The van der Waals surface area contributed by atoms with Gasteiger partial charge in [-0.3, -0.25) is 0 Å². The van der Waals surface area contributed by atoms with Crippen molar-refractivity contribution in [1.29, 1.82) is 0 Å². The van der Waals surface area contributed by atoms with Gasteiger partial charge in [0.25, 0.3) is 0 Å². The molecule has 1 heteroatoms. The quantitative estimate of drug-likeness (QED) is 0.469. The summed E-state index contributed by atoms with van der Waals surface area (Å²) in [5.41, 5.74) is 0. The van der Waals surface area contributed by atoms with Gasteiger partial charge in [0.15, 0.2) is 0 Å². The molecular weight excluding hydrogens is 91.1 g/mol. The molecule has 0 saturated heterocycles. The molecule has 0 aromatic carbocycles. The first-order valence-electron chi connectivity index (χ1n) is 2.58. The Bertz CT molecular complexity index is 55.2. The van der Waals surface area contributed by atoms with Gasteiger partial charge in [-0.05, 0) is 13.3 Å². The highest BCUT2D eigenvalue weighted by molar-refractivity contribution is 4.84. The van der Waals surface area contributed by atoms with Gasteiger partial charge in [-0.2, -0.15) is 0 Å². The zero-order valence-electron chi connectivity index (χ0n) is 4.82. The van der Waals surface area contributed by atoms with E-state index in [4.69, 9.17) is 0 Å². The van der Waals surface area contributed by atoms with Crippen LogP contribution in [0.2, 0.25) is 0 Å². The molecule has 1 unspecified atom stereocenters. The summed E-state index contributed by atoms with van der Waals surface area (Å²) in [5.74, 6) is 0. The Hall–Kier alpha value is -0.330. The van der Waals surface area contributed by atoms with E-state index in [2.05, 4.69) is 0 Å². The van der Waals surface area contributed by atoms with Gasteiger partial charge in [0, 0.05) is 0 Å². The first kappa shape index (κ1) is 6.67. The molecule has 0 bridgehead atoms. The molecule has 0 spiro atoms. The molecule has 0 heterocycles. The number of halogens is 1. The molecule has 1 atom stereocenters. The smallest absolute Gasteiger partial charge is 0.115 e. The Kier molecular flexibility index (Phi) is 3.67. The molecule has 0 saturated carbocycles. The minimum Gasteiger partial charge on any atom is -0.243 e. The largest absolute Gasteiger partial charge is 0.243 e. The summed E-state index contributed by atoms with van der Waals surface area (Å²) in [7, 11) is 0. The third kappa shape index (κ3) is 5.67. The Labute approximate surface area is 44.0 Å². The topological polar surface area (TPSA) is 0 Å². The van der Waals surface area contributed by atoms with Crippen LogP contribution in [0, 0.1) is 0 Å². The molecule has 0 aromatic rings. The third-order valence-corrected chi connectivity index (χ3v) is 0.637. The molecule has 0 aliphatic heterocycles. The van der Waals surface area contributed by atoms with Crippen molar-refractivity contribution < 1.29 is 4.39 Å². The minimum absolute atomic E-state index is 0.778. The monoisotopic (exact) mass is 102 g/mol. The van der Waals surface area contributed by atoms with Crippen molar-refractivity contribution in [2.75, 3.05) is 0 Å². The Morgan fingerprint density at radius 2 is 2.29 bits per heavy atom. The lowest BCUT2D eigenvalue weighted by molar-refractivity contribution is 0.430. The van der Waals surface area contributed by atoms with Crippen molar-refractivity contribution in [3.8, 4) is 0 Å². The molecule has 42 valence electrons. The maximum atomic E-state index is 11.8. The Balaban J connectivity index is 3.08. The van der Waals surface area contributed by atoms with E-state index in [9.17, 15) is 4.39 Å². The van der Waals surface area contributed by atoms with Crippen LogP contribution in [-0.4, -0.2) is 6.17 Å². The molecule has 0 radical (unpaired) electrons. The lowest BCUT2D eigenvalue weighted by atomic mass is 10.3. The highest BCUT2D eigenvalue weighted by Gasteiger charge is 1.83. The summed E-state index contributed by atoms with van der Waals surface area (Å²) < 4.78 is 11.8. The van der Waals surface area contributed by atoms with Crippen LogP contribution in [0.1, 0.15) is 20.3 Å². The average Bonchev–Trinajstić information content (AvgIpc) is 1.61. The summed E-state index contributed by atoms with van der Waals surface area (Å²) in [6.45, 7) is 3.50. The van der Waals surface area contributed by atoms with Gasteiger partial charge in [0.2, 0.25) is 0 Å². The van der Waals surface area contributed by atoms with E-state index in [1.165, 1.54) is 6.92 Å². The number of rotatable bonds is 2. The molecule has 0 aliphatic carbocycles.